The highest BCUT2D eigenvalue weighted by Gasteiger charge is 2.39. The molecule has 1 amide bonds. The lowest BCUT2D eigenvalue weighted by atomic mass is 9.97. The summed E-state index contributed by atoms with van der Waals surface area (Å²) in [5, 5.41) is 5.79. The van der Waals surface area contributed by atoms with Gasteiger partial charge in [-0.2, -0.15) is 18.3 Å². The fourth-order valence-corrected chi connectivity index (χ4v) is 3.85. The molecule has 1 atom stereocenters. The first-order valence-corrected chi connectivity index (χ1v) is 10.2. The molecule has 0 bridgehead atoms. The van der Waals surface area contributed by atoms with Crippen molar-refractivity contribution < 1.29 is 22.7 Å². The summed E-state index contributed by atoms with van der Waals surface area (Å²) in [7, 11) is 0. The molecule has 4 rings (SSSR count). The third kappa shape index (κ3) is 4.08. The van der Waals surface area contributed by atoms with Crippen LogP contribution in [-0.2, 0) is 10.9 Å². The number of hydrogen-bond acceptors (Lipinski definition) is 3. The monoisotopic (exact) mass is 451 g/mol. The SMILES string of the molecule is CC(C)(C)OC(=O)N1CCC1c1nn(-c2ccc(C(F)(F)F)cc2)c2cccc(Cl)c12. The van der Waals surface area contributed by atoms with Crippen molar-refractivity contribution in [2.24, 2.45) is 0 Å². The van der Waals surface area contributed by atoms with Gasteiger partial charge in [0.2, 0.25) is 0 Å². The number of ether oxygens (including phenoxy) is 1. The number of aromatic nitrogens is 2. The van der Waals surface area contributed by atoms with Crippen molar-refractivity contribution in [3.63, 3.8) is 0 Å². The number of hydrogen-bond donors (Lipinski definition) is 0. The van der Waals surface area contributed by atoms with Gasteiger partial charge in [-0.05, 0) is 63.6 Å². The first-order chi connectivity index (χ1) is 14.5. The third-order valence-electron chi connectivity index (χ3n) is 5.09. The summed E-state index contributed by atoms with van der Waals surface area (Å²) in [6, 6.07) is 9.72. The molecule has 1 aliphatic heterocycles. The highest BCUT2D eigenvalue weighted by molar-refractivity contribution is 6.35. The predicted molar refractivity (Wildman–Crippen MR) is 111 cm³/mol. The number of carbonyl (C=O) groups is 1. The van der Waals surface area contributed by atoms with E-state index in [1.807, 2.05) is 0 Å². The summed E-state index contributed by atoms with van der Waals surface area (Å²) in [5.41, 5.74) is 0.350. The van der Waals surface area contributed by atoms with E-state index in [1.54, 1.807) is 48.6 Å². The van der Waals surface area contributed by atoms with Crippen LogP contribution in [0, 0.1) is 0 Å². The normalized spacial score (nSPS) is 17.0. The van der Waals surface area contributed by atoms with Gasteiger partial charge in [-0.15, -0.1) is 0 Å². The lowest BCUT2D eigenvalue weighted by molar-refractivity contribution is -0.137. The van der Waals surface area contributed by atoms with Crippen molar-refractivity contribution in [3.8, 4) is 5.69 Å². The molecule has 1 aliphatic rings. The minimum atomic E-state index is -4.42. The number of carbonyl (C=O) groups excluding carboxylic acids is 1. The van der Waals surface area contributed by atoms with E-state index in [4.69, 9.17) is 16.3 Å². The predicted octanol–water partition coefficient (Wildman–Crippen LogP) is 6.38. The largest absolute Gasteiger partial charge is 0.444 e. The van der Waals surface area contributed by atoms with E-state index >= 15 is 0 Å². The lowest BCUT2D eigenvalue weighted by Crippen LogP contribution is -2.47. The summed E-state index contributed by atoms with van der Waals surface area (Å²) in [5.74, 6) is 0. The van der Waals surface area contributed by atoms with Gasteiger partial charge in [-0.3, -0.25) is 4.90 Å². The number of fused-ring (bicyclic) bond motifs is 1. The van der Waals surface area contributed by atoms with Gasteiger partial charge in [0, 0.05) is 11.9 Å². The zero-order valence-electron chi connectivity index (χ0n) is 17.2. The molecule has 0 N–H and O–H groups in total. The van der Waals surface area contributed by atoms with Gasteiger partial charge in [-0.1, -0.05) is 17.7 Å². The molecule has 2 aromatic carbocycles. The standard InChI is InChI=1S/C22H21ClF3N3O2/c1-21(2,3)31-20(30)28-12-11-17(28)19-18-15(23)5-4-6-16(18)29(27-19)14-9-7-13(8-10-14)22(24,25)26/h4-10,17H,11-12H2,1-3H3. The molecule has 2 heterocycles. The zero-order valence-corrected chi connectivity index (χ0v) is 18.0. The number of nitrogens with zero attached hydrogens (tertiary/aromatic N) is 3. The highest BCUT2D eigenvalue weighted by atomic mass is 35.5. The third-order valence-corrected chi connectivity index (χ3v) is 5.40. The van der Waals surface area contributed by atoms with Crippen LogP contribution in [0.3, 0.4) is 0 Å². The van der Waals surface area contributed by atoms with Crippen molar-refractivity contribution in [1.82, 2.24) is 14.7 Å². The summed E-state index contributed by atoms with van der Waals surface area (Å²) < 4.78 is 45.9. The molecule has 0 radical (unpaired) electrons. The Balaban J connectivity index is 1.76. The maximum absolute atomic E-state index is 12.9. The van der Waals surface area contributed by atoms with Gasteiger partial charge >= 0.3 is 12.3 Å². The second-order valence-electron chi connectivity index (χ2n) is 8.45. The first kappa shape index (κ1) is 21.5. The topological polar surface area (TPSA) is 47.4 Å². The summed E-state index contributed by atoms with van der Waals surface area (Å²) in [4.78, 5) is 14.2. The summed E-state index contributed by atoms with van der Waals surface area (Å²) >= 11 is 6.47. The number of amides is 1. The first-order valence-electron chi connectivity index (χ1n) is 9.80. The molecule has 1 unspecified atom stereocenters. The molecule has 1 fully saturated rings. The molecule has 0 spiro atoms. The van der Waals surface area contributed by atoms with Gasteiger partial charge in [0.25, 0.3) is 0 Å². The van der Waals surface area contributed by atoms with Crippen LogP contribution < -0.4 is 0 Å². The fourth-order valence-electron chi connectivity index (χ4n) is 3.59. The smallest absolute Gasteiger partial charge is 0.416 e. The second-order valence-corrected chi connectivity index (χ2v) is 8.86. The maximum Gasteiger partial charge on any atom is 0.416 e. The van der Waals surface area contributed by atoms with E-state index in [1.165, 1.54) is 12.1 Å². The van der Waals surface area contributed by atoms with Crippen molar-refractivity contribution in [1.29, 1.82) is 0 Å². The quantitative estimate of drug-likeness (QED) is 0.454. The minimum Gasteiger partial charge on any atom is -0.444 e. The number of benzene rings is 2. The number of halogens is 4. The second kappa shape index (κ2) is 7.44. The molecule has 164 valence electrons. The maximum atomic E-state index is 12.9. The molecule has 3 aromatic rings. The average Bonchev–Trinajstić information content (AvgIpc) is 2.99. The average molecular weight is 452 g/mol. The number of alkyl halides is 3. The van der Waals surface area contributed by atoms with Gasteiger partial charge in [-0.25, -0.2) is 9.48 Å². The Hall–Kier alpha value is -2.74. The van der Waals surface area contributed by atoms with Crippen LogP contribution in [0.5, 0.6) is 0 Å². The van der Waals surface area contributed by atoms with E-state index in [9.17, 15) is 18.0 Å². The van der Waals surface area contributed by atoms with Gasteiger partial charge in [0.15, 0.2) is 0 Å². The van der Waals surface area contributed by atoms with E-state index in [0.717, 1.165) is 12.1 Å². The van der Waals surface area contributed by atoms with Gasteiger partial charge in [0.05, 0.1) is 33.5 Å². The van der Waals surface area contributed by atoms with E-state index in [-0.39, 0.29) is 6.04 Å². The van der Waals surface area contributed by atoms with E-state index in [2.05, 4.69) is 5.10 Å². The van der Waals surface area contributed by atoms with Crippen LogP contribution in [0.2, 0.25) is 5.02 Å². The van der Waals surface area contributed by atoms with Crippen molar-refractivity contribution >= 4 is 28.6 Å². The molecule has 9 heteroatoms. The molecule has 1 saturated heterocycles. The van der Waals surface area contributed by atoms with Crippen LogP contribution >= 0.6 is 11.6 Å². The Morgan fingerprint density at radius 3 is 2.35 bits per heavy atom. The van der Waals surface area contributed by atoms with Crippen molar-refractivity contribution in [2.75, 3.05) is 6.54 Å². The Kier molecular flexibility index (Phi) is 5.16. The fraction of sp³-hybridized carbons (Fsp3) is 0.364. The molecule has 31 heavy (non-hydrogen) atoms. The Labute approximate surface area is 182 Å². The molecule has 0 saturated carbocycles. The van der Waals surface area contributed by atoms with Crippen LogP contribution in [0.15, 0.2) is 42.5 Å². The highest BCUT2D eigenvalue weighted by Crippen LogP contribution is 2.40. The molecule has 1 aromatic heterocycles. The van der Waals surface area contributed by atoms with Crippen molar-refractivity contribution in [3.05, 3.63) is 58.7 Å². The van der Waals surface area contributed by atoms with Crippen LogP contribution in [0.1, 0.15) is 44.5 Å². The summed E-state index contributed by atoms with van der Waals surface area (Å²) in [6.45, 7) is 5.92. The molecular formula is C22H21ClF3N3O2. The summed E-state index contributed by atoms with van der Waals surface area (Å²) in [6.07, 6.45) is -4.17. The van der Waals surface area contributed by atoms with E-state index < -0.39 is 23.4 Å². The van der Waals surface area contributed by atoms with E-state index in [0.29, 0.717) is 40.3 Å². The van der Waals surface area contributed by atoms with Crippen LogP contribution in [0.25, 0.3) is 16.6 Å². The number of likely N-dealkylation sites (tertiary alicyclic amines) is 1. The minimum absolute atomic E-state index is 0.326. The Morgan fingerprint density at radius 2 is 1.81 bits per heavy atom. The van der Waals surface area contributed by atoms with Crippen LogP contribution in [-0.4, -0.2) is 32.9 Å². The molecule has 0 aliphatic carbocycles. The molecule has 5 nitrogen and oxygen atoms in total. The zero-order chi connectivity index (χ0) is 22.6. The van der Waals surface area contributed by atoms with Gasteiger partial charge < -0.3 is 4.74 Å². The van der Waals surface area contributed by atoms with Gasteiger partial charge in [0.1, 0.15) is 5.60 Å². The Bertz CT molecular complexity index is 1130. The van der Waals surface area contributed by atoms with Crippen LogP contribution in [0.4, 0.5) is 18.0 Å². The lowest BCUT2D eigenvalue weighted by Gasteiger charge is -2.40. The Morgan fingerprint density at radius 1 is 1.13 bits per heavy atom. The molecular weight excluding hydrogens is 431 g/mol. The van der Waals surface area contributed by atoms with Crippen molar-refractivity contribution in [2.45, 2.75) is 45.0 Å². The number of rotatable bonds is 2.